The monoisotopic (exact) mass is 395 g/mol. The second-order valence-corrected chi connectivity index (χ2v) is 6.33. The molecule has 0 spiro atoms. The van der Waals surface area contributed by atoms with Crippen molar-refractivity contribution < 1.29 is 19.0 Å². The van der Waals surface area contributed by atoms with Crippen LogP contribution in [0.25, 0.3) is 17.1 Å². The van der Waals surface area contributed by atoms with E-state index < -0.39 is 6.16 Å². The Kier molecular flexibility index (Phi) is 7.22. The van der Waals surface area contributed by atoms with Crippen LogP contribution in [0.4, 0.5) is 4.79 Å². The Hall–Kier alpha value is -3.35. The Labute approximate surface area is 170 Å². The molecule has 0 saturated heterocycles. The highest BCUT2D eigenvalue weighted by Crippen LogP contribution is 2.25. The van der Waals surface area contributed by atoms with Gasteiger partial charge in [-0.3, -0.25) is 0 Å². The zero-order valence-corrected chi connectivity index (χ0v) is 16.7. The molecule has 29 heavy (non-hydrogen) atoms. The van der Waals surface area contributed by atoms with Gasteiger partial charge in [0.15, 0.2) is 5.82 Å². The Morgan fingerprint density at radius 1 is 1.07 bits per heavy atom. The predicted molar refractivity (Wildman–Crippen MR) is 109 cm³/mol. The number of rotatable bonds is 9. The molecule has 0 atom stereocenters. The fraction of sp³-hybridized carbons (Fsp3) is 0.318. The lowest BCUT2D eigenvalue weighted by Crippen LogP contribution is -2.10. The number of carbonyl (C=O) groups is 1. The quantitative estimate of drug-likeness (QED) is 0.383. The molecule has 0 radical (unpaired) electrons. The van der Waals surface area contributed by atoms with Crippen LogP contribution >= 0.6 is 0 Å². The van der Waals surface area contributed by atoms with Gasteiger partial charge >= 0.3 is 6.16 Å². The molecule has 3 aromatic rings. The van der Waals surface area contributed by atoms with Gasteiger partial charge in [-0.1, -0.05) is 43.7 Å². The van der Waals surface area contributed by atoms with Crippen molar-refractivity contribution in [3.8, 4) is 22.8 Å². The van der Waals surface area contributed by atoms with E-state index >= 15 is 0 Å². The van der Waals surface area contributed by atoms with Crippen LogP contribution in [0, 0.1) is 0 Å². The van der Waals surface area contributed by atoms with Crippen molar-refractivity contribution in [2.24, 2.45) is 0 Å². The van der Waals surface area contributed by atoms with Crippen LogP contribution in [0.3, 0.4) is 0 Å². The minimum atomic E-state index is -0.670. The van der Waals surface area contributed by atoms with Crippen molar-refractivity contribution >= 4 is 6.16 Å². The Morgan fingerprint density at radius 3 is 2.76 bits per heavy atom. The maximum atomic E-state index is 11.8. The second-order valence-electron chi connectivity index (χ2n) is 6.33. The van der Waals surface area contributed by atoms with Crippen molar-refractivity contribution in [1.29, 1.82) is 0 Å². The molecule has 0 bridgehead atoms. The number of ether oxygens (including phenoxy) is 3. The van der Waals surface area contributed by atoms with Crippen molar-refractivity contribution in [3.63, 3.8) is 0 Å². The number of hydrogen-bond donors (Lipinski definition) is 0. The summed E-state index contributed by atoms with van der Waals surface area (Å²) in [5, 5.41) is 4.38. The zero-order valence-electron chi connectivity index (χ0n) is 16.7. The molecule has 1 aromatic heterocycles. The number of unbranched alkanes of at least 4 members (excludes halogenated alkanes) is 1. The average Bonchev–Trinajstić information content (AvgIpc) is 3.23. The van der Waals surface area contributed by atoms with E-state index in [0.717, 1.165) is 35.4 Å². The van der Waals surface area contributed by atoms with Gasteiger partial charge in [0, 0.05) is 11.1 Å². The number of hydrogen-bond acceptors (Lipinski definition) is 6. The summed E-state index contributed by atoms with van der Waals surface area (Å²) in [6.07, 6.45) is 2.60. The van der Waals surface area contributed by atoms with Gasteiger partial charge in [0.2, 0.25) is 0 Å². The van der Waals surface area contributed by atoms with Crippen LogP contribution in [-0.2, 0) is 16.1 Å². The molecular formula is C22H25N3O4. The molecule has 3 rings (SSSR count). The third-order valence-electron chi connectivity index (χ3n) is 4.23. The lowest BCUT2D eigenvalue weighted by molar-refractivity contribution is 0.0491. The highest BCUT2D eigenvalue weighted by molar-refractivity contribution is 5.62. The smallest absolute Gasteiger partial charge is 0.494 e. The first kappa shape index (κ1) is 20.4. The molecule has 0 saturated carbocycles. The molecule has 0 aliphatic rings. The van der Waals surface area contributed by atoms with Crippen LogP contribution in [0.2, 0.25) is 0 Å². The summed E-state index contributed by atoms with van der Waals surface area (Å²) < 4.78 is 17.6. The Bertz CT molecular complexity index is 939. The normalized spacial score (nSPS) is 10.6. The van der Waals surface area contributed by atoms with E-state index in [9.17, 15) is 4.79 Å². The Morgan fingerprint density at radius 2 is 1.93 bits per heavy atom. The van der Waals surface area contributed by atoms with Gasteiger partial charge in [-0.05, 0) is 31.5 Å². The molecule has 0 amide bonds. The molecule has 2 aromatic carbocycles. The SMILES string of the molecule is CCCCOC(=O)OCc1ccccc1-n1ncnc1-c1cccc(OCC)c1. The zero-order chi connectivity index (χ0) is 20.5. The maximum absolute atomic E-state index is 11.8. The van der Waals surface area contributed by atoms with Crippen molar-refractivity contribution in [2.45, 2.75) is 33.3 Å². The van der Waals surface area contributed by atoms with Crippen molar-refractivity contribution in [2.75, 3.05) is 13.2 Å². The van der Waals surface area contributed by atoms with Gasteiger partial charge in [-0.2, -0.15) is 5.10 Å². The van der Waals surface area contributed by atoms with Crippen LogP contribution in [-0.4, -0.2) is 34.1 Å². The fourth-order valence-electron chi connectivity index (χ4n) is 2.82. The molecular weight excluding hydrogens is 370 g/mol. The molecule has 1 heterocycles. The molecule has 152 valence electrons. The largest absolute Gasteiger partial charge is 0.508 e. The summed E-state index contributed by atoms with van der Waals surface area (Å²) >= 11 is 0. The fourth-order valence-corrected chi connectivity index (χ4v) is 2.82. The van der Waals surface area contributed by atoms with Crippen LogP contribution in [0.15, 0.2) is 54.9 Å². The molecule has 0 fully saturated rings. The predicted octanol–water partition coefficient (Wildman–Crippen LogP) is 4.79. The van der Waals surface area contributed by atoms with Crippen LogP contribution in [0.5, 0.6) is 5.75 Å². The van der Waals surface area contributed by atoms with Crippen molar-refractivity contribution in [1.82, 2.24) is 14.8 Å². The Balaban J connectivity index is 1.81. The summed E-state index contributed by atoms with van der Waals surface area (Å²) in [6.45, 7) is 5.01. The molecule has 0 aliphatic heterocycles. The highest BCUT2D eigenvalue weighted by Gasteiger charge is 2.14. The summed E-state index contributed by atoms with van der Waals surface area (Å²) in [6, 6.07) is 15.3. The third-order valence-corrected chi connectivity index (χ3v) is 4.23. The average molecular weight is 395 g/mol. The summed E-state index contributed by atoms with van der Waals surface area (Å²) in [5.41, 5.74) is 2.46. The van der Waals surface area contributed by atoms with E-state index in [1.165, 1.54) is 6.33 Å². The molecule has 0 N–H and O–H groups in total. The van der Waals surface area contributed by atoms with Gasteiger partial charge in [0.05, 0.1) is 18.9 Å². The first-order chi connectivity index (χ1) is 14.2. The standard InChI is InChI=1S/C22H25N3O4/c1-3-5-13-28-22(26)29-15-18-9-6-7-12-20(18)25-21(23-16-24-25)17-10-8-11-19(14-17)27-4-2/h6-12,14,16H,3-5,13,15H2,1-2H3. The van der Waals surface area contributed by atoms with E-state index in [0.29, 0.717) is 19.0 Å². The van der Waals surface area contributed by atoms with E-state index in [2.05, 4.69) is 10.1 Å². The van der Waals surface area contributed by atoms with Gasteiger partial charge in [0.25, 0.3) is 0 Å². The minimum absolute atomic E-state index is 0.0828. The van der Waals surface area contributed by atoms with Gasteiger partial charge in [-0.25, -0.2) is 14.5 Å². The summed E-state index contributed by atoms with van der Waals surface area (Å²) in [7, 11) is 0. The molecule has 7 nitrogen and oxygen atoms in total. The van der Waals surface area contributed by atoms with E-state index in [1.807, 2.05) is 62.4 Å². The summed E-state index contributed by atoms with van der Waals surface area (Å²) in [4.78, 5) is 16.2. The van der Waals surface area contributed by atoms with Crippen LogP contribution in [0.1, 0.15) is 32.3 Å². The van der Waals surface area contributed by atoms with Crippen molar-refractivity contribution in [3.05, 3.63) is 60.4 Å². The highest BCUT2D eigenvalue weighted by atomic mass is 16.7. The first-order valence-electron chi connectivity index (χ1n) is 9.74. The van der Waals surface area contributed by atoms with Gasteiger partial charge in [0.1, 0.15) is 18.7 Å². The number of carbonyl (C=O) groups excluding carboxylic acids is 1. The molecule has 0 unspecified atom stereocenters. The minimum Gasteiger partial charge on any atom is -0.494 e. The van der Waals surface area contributed by atoms with E-state index in [-0.39, 0.29) is 6.61 Å². The number of benzene rings is 2. The first-order valence-corrected chi connectivity index (χ1v) is 9.74. The van der Waals surface area contributed by atoms with E-state index in [1.54, 1.807) is 4.68 Å². The molecule has 7 heteroatoms. The van der Waals surface area contributed by atoms with E-state index in [4.69, 9.17) is 14.2 Å². The maximum Gasteiger partial charge on any atom is 0.508 e. The number of aromatic nitrogens is 3. The van der Waals surface area contributed by atoms with Gasteiger partial charge < -0.3 is 14.2 Å². The third kappa shape index (κ3) is 5.34. The number of nitrogens with zero attached hydrogens (tertiary/aromatic N) is 3. The lowest BCUT2D eigenvalue weighted by Gasteiger charge is -2.13. The topological polar surface area (TPSA) is 75.5 Å². The lowest BCUT2D eigenvalue weighted by atomic mass is 10.1. The number of para-hydroxylation sites is 1. The van der Waals surface area contributed by atoms with Gasteiger partial charge in [-0.15, -0.1) is 0 Å². The second kappa shape index (κ2) is 10.3. The van der Waals surface area contributed by atoms with Crippen LogP contribution < -0.4 is 4.74 Å². The summed E-state index contributed by atoms with van der Waals surface area (Å²) in [5.74, 6) is 1.44. The molecule has 0 aliphatic carbocycles.